The summed E-state index contributed by atoms with van der Waals surface area (Å²) >= 11 is 11.7. The molecule has 1 fully saturated rings. The Balaban J connectivity index is 0.00000341. The second kappa shape index (κ2) is 13.0. The molecule has 0 radical (unpaired) electrons. The number of hydrogen-bond acceptors (Lipinski definition) is 5. The Labute approximate surface area is 199 Å². The minimum atomic E-state index is -0.584. The molecule has 2 aromatic rings. The summed E-state index contributed by atoms with van der Waals surface area (Å²) in [6, 6.07) is 14.1. The zero-order valence-corrected chi connectivity index (χ0v) is 19.6. The van der Waals surface area contributed by atoms with Crippen LogP contribution < -0.4 is 14.8 Å². The van der Waals surface area contributed by atoms with Crippen LogP contribution in [0.3, 0.4) is 0 Å². The van der Waals surface area contributed by atoms with Crippen molar-refractivity contribution in [2.75, 3.05) is 32.8 Å². The zero-order valence-electron chi connectivity index (χ0n) is 17.1. The molecule has 1 saturated heterocycles. The zero-order chi connectivity index (χ0) is 21.3. The van der Waals surface area contributed by atoms with Crippen LogP contribution in [0.4, 0.5) is 0 Å². The van der Waals surface area contributed by atoms with Gasteiger partial charge in [0.05, 0.1) is 0 Å². The van der Waals surface area contributed by atoms with Crippen molar-refractivity contribution in [1.82, 2.24) is 10.2 Å². The molecule has 1 amide bonds. The van der Waals surface area contributed by atoms with Crippen LogP contribution in [0.5, 0.6) is 11.5 Å². The molecule has 0 aromatic heterocycles. The van der Waals surface area contributed by atoms with Gasteiger partial charge in [-0.1, -0.05) is 23.2 Å². The van der Waals surface area contributed by atoms with Crippen molar-refractivity contribution in [2.24, 2.45) is 0 Å². The van der Waals surface area contributed by atoms with Crippen LogP contribution in [-0.2, 0) is 4.79 Å². The Hall–Kier alpha value is -1.64. The van der Waals surface area contributed by atoms with E-state index in [1.807, 2.05) is 0 Å². The number of amides is 1. The topological polar surface area (TPSA) is 71.0 Å². The van der Waals surface area contributed by atoms with Crippen molar-refractivity contribution in [2.45, 2.75) is 25.0 Å². The van der Waals surface area contributed by atoms with E-state index in [1.54, 1.807) is 48.5 Å². The highest BCUT2D eigenvalue weighted by atomic mass is 35.5. The van der Waals surface area contributed by atoms with Gasteiger partial charge in [-0.3, -0.25) is 4.79 Å². The summed E-state index contributed by atoms with van der Waals surface area (Å²) in [4.78, 5) is 14.3. The monoisotopic (exact) mass is 486 g/mol. The minimum absolute atomic E-state index is 0. The summed E-state index contributed by atoms with van der Waals surface area (Å²) in [5, 5.41) is 14.5. The van der Waals surface area contributed by atoms with Crippen LogP contribution in [0.25, 0.3) is 0 Å². The average Bonchev–Trinajstić information content (AvgIpc) is 2.74. The van der Waals surface area contributed by atoms with Gasteiger partial charge >= 0.3 is 0 Å². The number of carbonyl (C=O) groups excluding carboxylic acids is 1. The third kappa shape index (κ3) is 9.17. The van der Waals surface area contributed by atoms with Crippen molar-refractivity contribution < 1.29 is 19.4 Å². The van der Waals surface area contributed by atoms with Crippen LogP contribution in [0, 0.1) is 0 Å². The molecule has 170 valence electrons. The first kappa shape index (κ1) is 25.6. The van der Waals surface area contributed by atoms with Crippen LogP contribution in [0.1, 0.15) is 12.8 Å². The van der Waals surface area contributed by atoms with Gasteiger partial charge in [0.15, 0.2) is 6.61 Å². The first-order chi connectivity index (χ1) is 14.5. The Morgan fingerprint density at radius 1 is 1.00 bits per heavy atom. The third-order valence-electron chi connectivity index (χ3n) is 4.86. The summed E-state index contributed by atoms with van der Waals surface area (Å²) in [6.45, 7) is 2.35. The molecule has 0 aliphatic carbocycles. The van der Waals surface area contributed by atoms with E-state index in [2.05, 4.69) is 10.2 Å². The number of halogens is 2. The quantitative estimate of drug-likeness (QED) is 0.567. The number of hydrogen-bond donors (Lipinski definition) is 2. The van der Waals surface area contributed by atoms with Crippen LogP contribution in [-0.4, -0.2) is 60.9 Å². The second-order valence-corrected chi connectivity index (χ2v) is 8.18. The molecule has 9 heteroatoms. The number of aliphatic hydroxyl groups is 1. The number of piperidine rings is 1. The highest BCUT2D eigenvalue weighted by molar-refractivity contribution is 7.59. The highest BCUT2D eigenvalue weighted by Crippen LogP contribution is 2.17. The number of rotatable bonds is 9. The normalized spacial score (nSPS) is 15.6. The molecule has 2 aromatic carbocycles. The highest BCUT2D eigenvalue weighted by Gasteiger charge is 2.22. The largest absolute Gasteiger partial charge is 0.491 e. The molecule has 0 bridgehead atoms. The molecule has 1 aliphatic heterocycles. The molecule has 1 heterocycles. The van der Waals surface area contributed by atoms with Crippen molar-refractivity contribution in [3.63, 3.8) is 0 Å². The minimum Gasteiger partial charge on any atom is -0.491 e. The van der Waals surface area contributed by atoms with Crippen LogP contribution in [0.2, 0.25) is 10.0 Å². The molecule has 1 atom stereocenters. The van der Waals surface area contributed by atoms with Crippen molar-refractivity contribution in [3.05, 3.63) is 58.6 Å². The number of ether oxygens (including phenoxy) is 2. The average molecular weight is 487 g/mol. The van der Waals surface area contributed by atoms with E-state index in [0.29, 0.717) is 28.1 Å². The molecule has 0 spiro atoms. The molecular formula is C22H28Cl2N2O4S. The molecule has 31 heavy (non-hydrogen) atoms. The Kier molecular flexibility index (Phi) is 10.8. The smallest absolute Gasteiger partial charge is 0.258 e. The number of nitrogens with one attached hydrogen (secondary N) is 1. The lowest BCUT2D eigenvalue weighted by Crippen LogP contribution is -2.48. The summed E-state index contributed by atoms with van der Waals surface area (Å²) in [5.74, 6) is 1.15. The maximum atomic E-state index is 12.1. The molecule has 2 N–H and O–H groups in total. The molecule has 1 aliphatic rings. The van der Waals surface area contributed by atoms with Crippen LogP contribution in [0.15, 0.2) is 48.5 Å². The molecule has 6 nitrogen and oxygen atoms in total. The lowest BCUT2D eigenvalue weighted by molar-refractivity contribution is -0.124. The van der Waals surface area contributed by atoms with Gasteiger partial charge in [-0.15, -0.1) is 0 Å². The molecular weight excluding hydrogens is 459 g/mol. The van der Waals surface area contributed by atoms with Gasteiger partial charge in [-0.25, -0.2) is 0 Å². The van der Waals surface area contributed by atoms with E-state index in [4.69, 9.17) is 32.7 Å². The molecule has 0 unspecified atom stereocenters. The Bertz CT molecular complexity index is 800. The van der Waals surface area contributed by atoms with Crippen molar-refractivity contribution >= 4 is 42.6 Å². The fourth-order valence-electron chi connectivity index (χ4n) is 3.28. The first-order valence-electron chi connectivity index (χ1n) is 9.94. The van der Waals surface area contributed by atoms with E-state index in [1.165, 1.54) is 0 Å². The number of β-amino-alcohol motifs (C(OH)–C–C–N with tert-alkyl or cyclic N) is 1. The van der Waals surface area contributed by atoms with Gasteiger partial charge in [0, 0.05) is 35.7 Å². The second-order valence-electron chi connectivity index (χ2n) is 7.30. The summed E-state index contributed by atoms with van der Waals surface area (Å²) in [5.41, 5.74) is 0. The number of nitrogens with zero attached hydrogens (tertiary/aromatic N) is 1. The first-order valence-corrected chi connectivity index (χ1v) is 10.7. The Morgan fingerprint density at radius 2 is 1.52 bits per heavy atom. The summed E-state index contributed by atoms with van der Waals surface area (Å²) in [7, 11) is 0. The lowest BCUT2D eigenvalue weighted by atomic mass is 10.0. The van der Waals surface area contributed by atoms with E-state index in [0.717, 1.165) is 25.9 Å². The van der Waals surface area contributed by atoms with E-state index in [-0.39, 0.29) is 38.7 Å². The van der Waals surface area contributed by atoms with Gasteiger partial charge in [-0.05, 0) is 61.4 Å². The number of aliphatic hydroxyl groups excluding tert-OH is 1. The van der Waals surface area contributed by atoms with Gasteiger partial charge in [0.2, 0.25) is 0 Å². The number of likely N-dealkylation sites (tertiary alicyclic amines) is 1. The van der Waals surface area contributed by atoms with E-state index in [9.17, 15) is 9.90 Å². The van der Waals surface area contributed by atoms with E-state index >= 15 is 0 Å². The Morgan fingerprint density at radius 3 is 2.06 bits per heavy atom. The summed E-state index contributed by atoms with van der Waals surface area (Å²) < 4.78 is 11.1. The fraction of sp³-hybridized carbons (Fsp3) is 0.409. The SMILES string of the molecule is O=C(COc1ccc(Cl)cc1)NC1CCN(C[C@H](O)COc2ccc(Cl)cc2)CC1.S. The summed E-state index contributed by atoms with van der Waals surface area (Å²) in [6.07, 6.45) is 1.08. The molecule has 3 rings (SSSR count). The maximum Gasteiger partial charge on any atom is 0.258 e. The van der Waals surface area contributed by atoms with Crippen LogP contribution >= 0.6 is 36.7 Å². The molecule has 0 saturated carbocycles. The van der Waals surface area contributed by atoms with Gasteiger partial charge in [0.1, 0.15) is 24.2 Å². The number of benzene rings is 2. The van der Waals surface area contributed by atoms with Gasteiger partial charge < -0.3 is 24.8 Å². The predicted octanol–water partition coefficient (Wildman–Crippen LogP) is 3.51. The standard InChI is InChI=1S/C22H26Cl2N2O4.H2S/c23-16-1-5-20(6-2-16)29-14-19(27)13-26-11-9-18(10-12-26)25-22(28)15-30-21-7-3-17(24)4-8-21;/h1-8,18-19,27H,9-15H2,(H,25,28);1H2/t19-;/m0./s1. The van der Waals surface area contributed by atoms with Gasteiger partial charge in [-0.2, -0.15) is 13.5 Å². The lowest BCUT2D eigenvalue weighted by Gasteiger charge is -2.33. The van der Waals surface area contributed by atoms with Crippen molar-refractivity contribution in [1.29, 1.82) is 0 Å². The predicted molar refractivity (Wildman–Crippen MR) is 128 cm³/mol. The number of carbonyl (C=O) groups is 1. The van der Waals surface area contributed by atoms with E-state index < -0.39 is 6.10 Å². The van der Waals surface area contributed by atoms with Gasteiger partial charge in [0.25, 0.3) is 5.91 Å². The fourth-order valence-corrected chi connectivity index (χ4v) is 3.53. The van der Waals surface area contributed by atoms with Crippen molar-refractivity contribution in [3.8, 4) is 11.5 Å². The third-order valence-corrected chi connectivity index (χ3v) is 5.37. The maximum absolute atomic E-state index is 12.1.